The first-order valence-corrected chi connectivity index (χ1v) is 6.45. The summed E-state index contributed by atoms with van der Waals surface area (Å²) >= 11 is 0. The first-order valence-electron chi connectivity index (χ1n) is 6.45. The van der Waals surface area contributed by atoms with Crippen molar-refractivity contribution in [1.82, 2.24) is 4.90 Å². The number of likely N-dealkylation sites (tertiary alicyclic amines) is 1. The molecule has 1 heterocycles. The fourth-order valence-corrected chi connectivity index (χ4v) is 2.24. The molecule has 1 amide bonds. The molecular formula is C15H18N2O2. The lowest BCUT2D eigenvalue weighted by Crippen LogP contribution is -2.42. The van der Waals surface area contributed by atoms with Crippen LogP contribution >= 0.6 is 0 Å². The van der Waals surface area contributed by atoms with Crippen LogP contribution in [0.4, 0.5) is 5.69 Å². The number of rotatable bonds is 3. The van der Waals surface area contributed by atoms with Gasteiger partial charge in [-0.1, -0.05) is 12.0 Å². The van der Waals surface area contributed by atoms with Crippen LogP contribution < -0.4 is 5.32 Å². The Morgan fingerprint density at radius 2 is 2.42 bits per heavy atom. The van der Waals surface area contributed by atoms with E-state index in [-0.39, 0.29) is 5.91 Å². The lowest BCUT2D eigenvalue weighted by atomic mass is 10.1. The summed E-state index contributed by atoms with van der Waals surface area (Å²) in [7, 11) is 0. The molecule has 1 aromatic carbocycles. The first kappa shape index (κ1) is 13.4. The van der Waals surface area contributed by atoms with Crippen molar-refractivity contribution in [1.29, 1.82) is 0 Å². The van der Waals surface area contributed by atoms with Gasteiger partial charge in [0.2, 0.25) is 0 Å². The minimum Gasteiger partial charge on any atom is -0.391 e. The zero-order valence-electron chi connectivity index (χ0n) is 10.8. The summed E-state index contributed by atoms with van der Waals surface area (Å²) in [5.41, 5.74) is 1.46. The molecule has 1 fully saturated rings. The lowest BCUT2D eigenvalue weighted by Gasteiger charge is -2.30. The van der Waals surface area contributed by atoms with E-state index in [2.05, 4.69) is 11.2 Å². The Morgan fingerprint density at radius 1 is 1.58 bits per heavy atom. The van der Waals surface area contributed by atoms with Gasteiger partial charge in [-0.05, 0) is 31.0 Å². The van der Waals surface area contributed by atoms with Crippen molar-refractivity contribution < 1.29 is 9.90 Å². The van der Waals surface area contributed by atoms with E-state index >= 15 is 0 Å². The molecule has 2 N–H and O–H groups in total. The largest absolute Gasteiger partial charge is 0.391 e. The van der Waals surface area contributed by atoms with E-state index in [1.807, 2.05) is 12.1 Å². The zero-order chi connectivity index (χ0) is 13.7. The Labute approximate surface area is 113 Å². The van der Waals surface area contributed by atoms with Crippen molar-refractivity contribution in [2.24, 2.45) is 0 Å². The van der Waals surface area contributed by atoms with Crippen molar-refractivity contribution >= 4 is 11.6 Å². The molecule has 1 aromatic rings. The summed E-state index contributed by atoms with van der Waals surface area (Å²) in [5, 5.41) is 12.7. The number of aliphatic hydroxyl groups is 1. The molecule has 0 aliphatic carbocycles. The molecule has 100 valence electrons. The number of nitrogens with one attached hydrogen (secondary N) is 1. The second-order valence-corrected chi connectivity index (χ2v) is 4.69. The molecule has 1 saturated heterocycles. The summed E-state index contributed by atoms with van der Waals surface area (Å²) in [6.07, 6.45) is 6.41. The standard InChI is InChI=1S/C15H18N2O2/c1-2-8-16-13-6-3-5-12(10-13)15(19)17-9-4-7-14(18)11-17/h1,3,5-6,10,14,16,18H,4,7-9,11H2. The van der Waals surface area contributed by atoms with Crippen LogP contribution in [0.5, 0.6) is 0 Å². The van der Waals surface area contributed by atoms with Crippen LogP contribution in [0.1, 0.15) is 23.2 Å². The van der Waals surface area contributed by atoms with Gasteiger partial charge in [-0.3, -0.25) is 4.79 Å². The molecule has 1 aliphatic rings. The highest BCUT2D eigenvalue weighted by Gasteiger charge is 2.22. The second kappa shape index (κ2) is 6.26. The molecule has 1 atom stereocenters. The van der Waals surface area contributed by atoms with E-state index in [9.17, 15) is 9.90 Å². The molecule has 19 heavy (non-hydrogen) atoms. The van der Waals surface area contributed by atoms with Crippen molar-refractivity contribution in [3.05, 3.63) is 29.8 Å². The van der Waals surface area contributed by atoms with Crippen LogP contribution in [0, 0.1) is 12.3 Å². The van der Waals surface area contributed by atoms with E-state index in [0.29, 0.717) is 25.2 Å². The Morgan fingerprint density at radius 3 is 3.16 bits per heavy atom. The number of terminal acetylenes is 1. The molecule has 4 heteroatoms. The van der Waals surface area contributed by atoms with Crippen molar-refractivity contribution in [2.45, 2.75) is 18.9 Å². The van der Waals surface area contributed by atoms with Gasteiger partial charge in [-0.15, -0.1) is 6.42 Å². The highest BCUT2D eigenvalue weighted by atomic mass is 16.3. The van der Waals surface area contributed by atoms with Gasteiger partial charge in [-0.2, -0.15) is 0 Å². The van der Waals surface area contributed by atoms with Crippen LogP contribution in [0.15, 0.2) is 24.3 Å². The number of hydrogen-bond acceptors (Lipinski definition) is 3. The van der Waals surface area contributed by atoms with Crippen molar-refractivity contribution in [3.8, 4) is 12.3 Å². The van der Waals surface area contributed by atoms with Gasteiger partial charge in [0.05, 0.1) is 12.6 Å². The van der Waals surface area contributed by atoms with Crippen LogP contribution in [0.3, 0.4) is 0 Å². The Kier molecular flexibility index (Phi) is 4.43. The molecule has 0 radical (unpaired) electrons. The second-order valence-electron chi connectivity index (χ2n) is 4.69. The summed E-state index contributed by atoms with van der Waals surface area (Å²) in [4.78, 5) is 14.0. The number of amides is 1. The fourth-order valence-electron chi connectivity index (χ4n) is 2.24. The third-order valence-corrected chi connectivity index (χ3v) is 3.19. The predicted molar refractivity (Wildman–Crippen MR) is 74.9 cm³/mol. The van der Waals surface area contributed by atoms with Gasteiger partial charge >= 0.3 is 0 Å². The molecule has 4 nitrogen and oxygen atoms in total. The number of benzene rings is 1. The van der Waals surface area contributed by atoms with Gasteiger partial charge in [-0.25, -0.2) is 0 Å². The van der Waals surface area contributed by atoms with Crippen LogP contribution in [-0.2, 0) is 0 Å². The fraction of sp³-hybridized carbons (Fsp3) is 0.400. The average molecular weight is 258 g/mol. The zero-order valence-corrected chi connectivity index (χ0v) is 10.8. The van der Waals surface area contributed by atoms with Gasteiger partial charge in [0, 0.05) is 24.3 Å². The van der Waals surface area contributed by atoms with E-state index in [4.69, 9.17) is 6.42 Å². The smallest absolute Gasteiger partial charge is 0.254 e. The van der Waals surface area contributed by atoms with Gasteiger partial charge in [0.1, 0.15) is 0 Å². The molecule has 1 unspecified atom stereocenters. The van der Waals surface area contributed by atoms with Gasteiger partial charge in [0.25, 0.3) is 5.91 Å². The number of nitrogens with zero attached hydrogens (tertiary/aromatic N) is 1. The van der Waals surface area contributed by atoms with Gasteiger partial charge in [0.15, 0.2) is 0 Å². The molecule has 1 aliphatic heterocycles. The summed E-state index contributed by atoms with van der Waals surface area (Å²) in [6.45, 7) is 1.55. The van der Waals surface area contributed by atoms with Crippen LogP contribution in [0.25, 0.3) is 0 Å². The number of anilines is 1. The molecule has 0 spiro atoms. The average Bonchev–Trinajstić information content (AvgIpc) is 2.44. The maximum atomic E-state index is 12.3. The normalized spacial score (nSPS) is 18.7. The summed E-state index contributed by atoms with van der Waals surface area (Å²) in [6, 6.07) is 7.27. The van der Waals surface area contributed by atoms with E-state index in [1.165, 1.54) is 0 Å². The number of aliphatic hydroxyl groups excluding tert-OH is 1. The maximum absolute atomic E-state index is 12.3. The third-order valence-electron chi connectivity index (χ3n) is 3.19. The quantitative estimate of drug-likeness (QED) is 0.804. The third kappa shape index (κ3) is 3.49. The summed E-state index contributed by atoms with van der Waals surface area (Å²) < 4.78 is 0. The molecule has 0 bridgehead atoms. The number of hydrogen-bond donors (Lipinski definition) is 2. The minimum absolute atomic E-state index is 0.0388. The Bertz CT molecular complexity index is 493. The number of piperidine rings is 1. The Balaban J connectivity index is 2.08. The van der Waals surface area contributed by atoms with Crippen molar-refractivity contribution in [2.75, 3.05) is 25.0 Å². The van der Waals surface area contributed by atoms with Crippen molar-refractivity contribution in [3.63, 3.8) is 0 Å². The van der Waals surface area contributed by atoms with Crippen LogP contribution in [-0.4, -0.2) is 41.7 Å². The van der Waals surface area contributed by atoms with E-state index < -0.39 is 6.10 Å². The SMILES string of the molecule is C#CCNc1cccc(C(=O)N2CCCC(O)C2)c1. The van der Waals surface area contributed by atoms with Gasteiger partial charge < -0.3 is 15.3 Å². The topological polar surface area (TPSA) is 52.6 Å². The van der Waals surface area contributed by atoms with E-state index in [0.717, 1.165) is 18.5 Å². The summed E-state index contributed by atoms with van der Waals surface area (Å²) in [5.74, 6) is 2.46. The monoisotopic (exact) mass is 258 g/mol. The first-order chi connectivity index (χ1) is 9.20. The number of carbonyl (C=O) groups excluding carboxylic acids is 1. The molecule has 0 aromatic heterocycles. The number of β-amino-alcohol motifs (C(OH)–C–C–N with tert-alkyl or cyclic N) is 1. The highest BCUT2D eigenvalue weighted by molar-refractivity contribution is 5.95. The molecule has 2 rings (SSSR count). The lowest BCUT2D eigenvalue weighted by molar-refractivity contribution is 0.0474. The highest BCUT2D eigenvalue weighted by Crippen LogP contribution is 2.16. The van der Waals surface area contributed by atoms with Crippen LogP contribution in [0.2, 0.25) is 0 Å². The molecular weight excluding hydrogens is 240 g/mol. The van der Waals surface area contributed by atoms with E-state index in [1.54, 1.807) is 17.0 Å². The molecule has 0 saturated carbocycles. The predicted octanol–water partition coefficient (Wildman–Crippen LogP) is 1.33. The Hall–Kier alpha value is -1.99. The number of carbonyl (C=O) groups is 1. The minimum atomic E-state index is -0.402. The maximum Gasteiger partial charge on any atom is 0.254 e.